The van der Waals surface area contributed by atoms with Crippen molar-refractivity contribution in [3.63, 3.8) is 0 Å². The molecule has 17 heavy (non-hydrogen) atoms. The molecular formula is C9H8N4O3S. The van der Waals surface area contributed by atoms with E-state index in [9.17, 15) is 9.59 Å². The van der Waals surface area contributed by atoms with E-state index < -0.39 is 5.97 Å². The maximum absolute atomic E-state index is 10.9. The smallest absolute Gasteiger partial charge is 0.339 e. The average molecular weight is 252 g/mol. The van der Waals surface area contributed by atoms with Crippen molar-refractivity contribution in [1.29, 1.82) is 0 Å². The van der Waals surface area contributed by atoms with Crippen LogP contribution in [0.4, 0.5) is 5.82 Å². The predicted molar refractivity (Wildman–Crippen MR) is 61.3 cm³/mol. The van der Waals surface area contributed by atoms with E-state index in [4.69, 9.17) is 5.11 Å². The van der Waals surface area contributed by atoms with E-state index in [1.807, 2.05) is 0 Å². The first-order valence-corrected chi connectivity index (χ1v) is 5.50. The van der Waals surface area contributed by atoms with E-state index in [0.29, 0.717) is 5.69 Å². The fraction of sp³-hybridized carbons (Fsp3) is 0.111. The van der Waals surface area contributed by atoms with Gasteiger partial charge in [-0.25, -0.2) is 4.79 Å². The van der Waals surface area contributed by atoms with Crippen molar-refractivity contribution in [3.05, 3.63) is 38.6 Å². The van der Waals surface area contributed by atoms with Gasteiger partial charge in [0.25, 0.3) is 0 Å². The Labute approximate surface area is 99.2 Å². The Morgan fingerprint density at radius 2 is 2.41 bits per heavy atom. The molecule has 8 heteroatoms. The molecule has 0 atom stereocenters. The van der Waals surface area contributed by atoms with E-state index in [1.165, 1.54) is 12.3 Å². The molecule has 2 aromatic heterocycles. The maximum Gasteiger partial charge on any atom is 0.339 e. The van der Waals surface area contributed by atoms with Gasteiger partial charge in [-0.15, -0.1) is 5.10 Å². The number of carboxylic acids is 1. The van der Waals surface area contributed by atoms with Gasteiger partial charge in [0.15, 0.2) is 5.82 Å². The van der Waals surface area contributed by atoms with Gasteiger partial charge < -0.3 is 15.4 Å². The van der Waals surface area contributed by atoms with Crippen molar-refractivity contribution >= 4 is 23.1 Å². The largest absolute Gasteiger partial charge is 0.478 e. The first-order chi connectivity index (χ1) is 8.16. The van der Waals surface area contributed by atoms with Crippen molar-refractivity contribution in [3.8, 4) is 0 Å². The highest BCUT2D eigenvalue weighted by Gasteiger charge is 2.10. The second-order valence-corrected chi connectivity index (χ2v) is 3.97. The predicted octanol–water partition coefficient (Wildman–Crippen LogP) is 0.537. The monoisotopic (exact) mass is 252 g/mol. The Morgan fingerprint density at radius 3 is 3.06 bits per heavy atom. The third kappa shape index (κ3) is 2.67. The number of thiazole rings is 1. The lowest BCUT2D eigenvalue weighted by molar-refractivity contribution is 0.0697. The van der Waals surface area contributed by atoms with Gasteiger partial charge in [0.1, 0.15) is 5.56 Å². The topological polar surface area (TPSA) is 108 Å². The van der Waals surface area contributed by atoms with Crippen LogP contribution in [0.3, 0.4) is 0 Å². The van der Waals surface area contributed by atoms with Gasteiger partial charge in [-0.3, -0.25) is 4.79 Å². The molecule has 0 saturated carbocycles. The van der Waals surface area contributed by atoms with Crippen LogP contribution >= 0.6 is 11.3 Å². The molecule has 0 fully saturated rings. The number of nitrogens with one attached hydrogen (secondary N) is 2. The SMILES string of the molecule is O=C(O)c1ccnnc1NCc1csc(=O)[nH]1. The fourth-order valence-electron chi connectivity index (χ4n) is 1.21. The van der Waals surface area contributed by atoms with Crippen LogP contribution in [0, 0.1) is 0 Å². The molecular weight excluding hydrogens is 244 g/mol. The van der Waals surface area contributed by atoms with Gasteiger partial charge in [-0.1, -0.05) is 11.3 Å². The van der Waals surface area contributed by atoms with Gasteiger partial charge in [0.05, 0.1) is 12.7 Å². The molecule has 0 aliphatic rings. The lowest BCUT2D eigenvalue weighted by Crippen LogP contribution is -2.10. The summed E-state index contributed by atoms with van der Waals surface area (Å²) in [7, 11) is 0. The zero-order valence-corrected chi connectivity index (χ0v) is 9.32. The van der Waals surface area contributed by atoms with Crippen molar-refractivity contribution in [2.75, 3.05) is 5.32 Å². The van der Waals surface area contributed by atoms with Crippen molar-refractivity contribution in [2.24, 2.45) is 0 Å². The molecule has 3 N–H and O–H groups in total. The lowest BCUT2D eigenvalue weighted by atomic mass is 10.3. The lowest BCUT2D eigenvalue weighted by Gasteiger charge is -2.05. The summed E-state index contributed by atoms with van der Waals surface area (Å²) in [4.78, 5) is 24.2. The van der Waals surface area contributed by atoms with Gasteiger partial charge >= 0.3 is 10.8 Å². The van der Waals surface area contributed by atoms with Crippen molar-refractivity contribution in [1.82, 2.24) is 15.2 Å². The molecule has 2 rings (SSSR count). The minimum absolute atomic E-state index is 0.0394. The van der Waals surface area contributed by atoms with Gasteiger partial charge in [0, 0.05) is 11.1 Å². The van der Waals surface area contributed by atoms with Gasteiger partial charge in [-0.2, -0.15) is 5.10 Å². The Bertz CT molecular complexity index is 592. The van der Waals surface area contributed by atoms with Gasteiger partial charge in [0.2, 0.25) is 0 Å². The van der Waals surface area contributed by atoms with E-state index in [1.54, 1.807) is 5.38 Å². The normalized spacial score (nSPS) is 10.1. The Hall–Kier alpha value is -2.22. The molecule has 0 aliphatic carbocycles. The van der Waals surface area contributed by atoms with Crippen molar-refractivity contribution in [2.45, 2.75) is 6.54 Å². The average Bonchev–Trinajstić information content (AvgIpc) is 2.73. The number of carbonyl (C=O) groups is 1. The Balaban J connectivity index is 2.14. The van der Waals surface area contributed by atoms with Gasteiger partial charge in [-0.05, 0) is 6.07 Å². The molecule has 7 nitrogen and oxygen atoms in total. The van der Waals surface area contributed by atoms with E-state index in [2.05, 4.69) is 20.5 Å². The quantitative estimate of drug-likeness (QED) is 0.732. The first-order valence-electron chi connectivity index (χ1n) is 4.62. The minimum atomic E-state index is -1.08. The van der Waals surface area contributed by atoms with E-state index >= 15 is 0 Å². The molecule has 88 valence electrons. The summed E-state index contributed by atoms with van der Waals surface area (Å²) in [5.41, 5.74) is 0.708. The number of rotatable bonds is 4. The number of hydrogen-bond acceptors (Lipinski definition) is 6. The molecule has 0 unspecified atom stereocenters. The molecule has 0 amide bonds. The third-order valence-corrected chi connectivity index (χ3v) is 2.69. The zero-order valence-electron chi connectivity index (χ0n) is 8.51. The number of hydrogen-bond donors (Lipinski definition) is 3. The van der Waals surface area contributed by atoms with Crippen LogP contribution in [0.2, 0.25) is 0 Å². The summed E-state index contributed by atoms with van der Waals surface area (Å²) in [6.07, 6.45) is 1.31. The first kappa shape index (κ1) is 11.3. The third-order valence-electron chi connectivity index (χ3n) is 1.97. The van der Waals surface area contributed by atoms with Crippen LogP contribution in [-0.4, -0.2) is 26.3 Å². The van der Waals surface area contributed by atoms with Crippen LogP contribution in [0.15, 0.2) is 22.4 Å². The second kappa shape index (κ2) is 4.74. The molecule has 0 aromatic carbocycles. The number of anilines is 1. The molecule has 0 saturated heterocycles. The molecule has 0 aliphatic heterocycles. The summed E-state index contributed by atoms with van der Waals surface area (Å²) in [5.74, 6) is -0.909. The molecule has 2 heterocycles. The highest BCUT2D eigenvalue weighted by atomic mass is 32.1. The minimum Gasteiger partial charge on any atom is -0.478 e. The molecule has 0 radical (unpaired) electrons. The standard InChI is InChI=1S/C9H8N4O3S/c14-8(15)6-1-2-11-13-7(6)10-3-5-4-17-9(16)12-5/h1-2,4H,3H2,(H,10,13)(H,12,16)(H,14,15). The number of H-pyrrole nitrogens is 1. The number of aromatic amines is 1. The second-order valence-electron chi connectivity index (χ2n) is 3.13. The number of nitrogens with zero attached hydrogens (tertiary/aromatic N) is 2. The highest BCUT2D eigenvalue weighted by molar-refractivity contribution is 7.07. The zero-order chi connectivity index (χ0) is 12.3. The van der Waals surface area contributed by atoms with Crippen LogP contribution in [0.1, 0.15) is 16.1 Å². The summed E-state index contributed by atoms with van der Waals surface area (Å²) < 4.78 is 0. The van der Waals surface area contributed by atoms with Crippen LogP contribution < -0.4 is 10.2 Å². The van der Waals surface area contributed by atoms with E-state index in [0.717, 1.165) is 11.3 Å². The van der Waals surface area contributed by atoms with Crippen molar-refractivity contribution < 1.29 is 9.90 Å². The summed E-state index contributed by atoms with van der Waals surface area (Å²) in [6.45, 7) is 0.289. The molecule has 2 aromatic rings. The highest BCUT2D eigenvalue weighted by Crippen LogP contribution is 2.11. The summed E-state index contributed by atoms with van der Waals surface area (Å²) in [5, 5.41) is 20.7. The Kier molecular flexibility index (Phi) is 3.15. The molecule has 0 bridgehead atoms. The summed E-state index contributed by atoms with van der Waals surface area (Å²) in [6, 6.07) is 1.36. The van der Waals surface area contributed by atoms with Crippen LogP contribution in [0.25, 0.3) is 0 Å². The number of carboxylic acid groups (broad SMARTS) is 1. The van der Waals surface area contributed by atoms with Crippen LogP contribution in [-0.2, 0) is 6.54 Å². The number of aromatic carboxylic acids is 1. The van der Waals surface area contributed by atoms with Crippen LogP contribution in [0.5, 0.6) is 0 Å². The number of aromatic nitrogens is 3. The molecule has 0 spiro atoms. The maximum atomic E-state index is 10.9. The Morgan fingerprint density at radius 1 is 1.59 bits per heavy atom. The van der Waals surface area contributed by atoms with E-state index in [-0.39, 0.29) is 22.8 Å². The fourth-order valence-corrected chi connectivity index (χ4v) is 1.80. The summed E-state index contributed by atoms with van der Waals surface area (Å²) >= 11 is 1.05.